The Labute approximate surface area is 118 Å². The van der Waals surface area contributed by atoms with E-state index >= 15 is 0 Å². The van der Waals surface area contributed by atoms with Crippen LogP contribution < -0.4 is 11.1 Å². The van der Waals surface area contributed by atoms with Gasteiger partial charge in [0.05, 0.1) is 18.0 Å². The smallest absolute Gasteiger partial charge is 0.271 e. The summed E-state index contributed by atoms with van der Waals surface area (Å²) in [5.74, 6) is -0.228. The molecule has 2 heterocycles. The number of carbonyl (C=O) groups is 1. The number of ether oxygens (including phenoxy) is 2. The van der Waals surface area contributed by atoms with Crippen molar-refractivity contribution in [3.05, 3.63) is 11.4 Å². The topological polar surface area (TPSA) is 91.4 Å². The maximum atomic E-state index is 12.3. The van der Waals surface area contributed by atoms with Gasteiger partial charge in [-0.2, -0.15) is 5.10 Å². The molecule has 1 unspecified atom stereocenters. The van der Waals surface area contributed by atoms with Crippen molar-refractivity contribution < 1.29 is 14.3 Å². The zero-order chi connectivity index (χ0) is 14.8. The molecule has 7 nitrogen and oxygen atoms in total. The fourth-order valence-electron chi connectivity index (χ4n) is 2.35. The Kier molecular flexibility index (Phi) is 4.29. The van der Waals surface area contributed by atoms with Crippen molar-refractivity contribution in [3.8, 4) is 0 Å². The normalized spacial score (nSPS) is 22.1. The molecule has 2 rings (SSSR count). The lowest BCUT2D eigenvalue weighted by Gasteiger charge is -2.25. The molecule has 112 valence electrons. The van der Waals surface area contributed by atoms with Crippen molar-refractivity contribution in [2.24, 2.45) is 0 Å². The number of aryl methyl sites for hydroxylation is 2. The Morgan fingerprint density at radius 3 is 2.95 bits per heavy atom. The van der Waals surface area contributed by atoms with Gasteiger partial charge in [-0.1, -0.05) is 0 Å². The molecule has 1 aromatic heterocycles. The lowest BCUT2D eigenvalue weighted by atomic mass is 10.0. The summed E-state index contributed by atoms with van der Waals surface area (Å²) in [5, 5.41) is 7.12. The van der Waals surface area contributed by atoms with Crippen molar-refractivity contribution in [1.82, 2.24) is 15.1 Å². The minimum absolute atomic E-state index is 0.228. The van der Waals surface area contributed by atoms with Crippen LogP contribution >= 0.6 is 0 Å². The van der Waals surface area contributed by atoms with Gasteiger partial charge in [-0.25, -0.2) is 0 Å². The van der Waals surface area contributed by atoms with Crippen molar-refractivity contribution in [2.45, 2.75) is 32.4 Å². The average molecular weight is 282 g/mol. The van der Waals surface area contributed by atoms with Gasteiger partial charge in [0.15, 0.2) is 0 Å². The van der Waals surface area contributed by atoms with Crippen LogP contribution in [0.5, 0.6) is 0 Å². The average Bonchev–Trinajstić information content (AvgIpc) is 3.03. The molecule has 0 aromatic carbocycles. The number of nitrogens with one attached hydrogen (secondary N) is 1. The number of nitrogens with two attached hydrogens (primary N) is 1. The van der Waals surface area contributed by atoms with E-state index in [-0.39, 0.29) is 5.91 Å². The molecule has 0 saturated carbocycles. The third-order valence-corrected chi connectivity index (χ3v) is 3.76. The fourth-order valence-corrected chi connectivity index (χ4v) is 2.35. The van der Waals surface area contributed by atoms with E-state index in [4.69, 9.17) is 15.2 Å². The molecular formula is C13H22N4O3. The summed E-state index contributed by atoms with van der Waals surface area (Å²) in [6, 6.07) is 0. The number of nitrogen functional groups attached to an aromatic ring is 1. The summed E-state index contributed by atoms with van der Waals surface area (Å²) in [6.45, 7) is 5.85. The molecule has 0 bridgehead atoms. The van der Waals surface area contributed by atoms with Crippen LogP contribution in [-0.4, -0.2) is 48.2 Å². The highest BCUT2D eigenvalue weighted by Gasteiger charge is 2.35. The molecule has 1 aliphatic rings. The Balaban J connectivity index is 2.09. The second kappa shape index (κ2) is 5.80. The van der Waals surface area contributed by atoms with Gasteiger partial charge in [-0.3, -0.25) is 9.48 Å². The van der Waals surface area contributed by atoms with Crippen LogP contribution in [0, 0.1) is 6.92 Å². The van der Waals surface area contributed by atoms with Crippen molar-refractivity contribution in [1.29, 1.82) is 0 Å². The zero-order valence-corrected chi connectivity index (χ0v) is 12.2. The molecule has 1 atom stereocenters. The van der Waals surface area contributed by atoms with E-state index in [9.17, 15) is 4.79 Å². The highest BCUT2D eigenvalue weighted by molar-refractivity contribution is 5.98. The fraction of sp³-hybridized carbons (Fsp3) is 0.692. The van der Waals surface area contributed by atoms with E-state index < -0.39 is 5.60 Å². The highest BCUT2D eigenvalue weighted by Crippen LogP contribution is 2.22. The number of amides is 1. The first-order valence-corrected chi connectivity index (χ1v) is 6.77. The van der Waals surface area contributed by atoms with E-state index in [1.807, 2.05) is 6.92 Å². The number of methoxy groups -OCH3 is 1. The van der Waals surface area contributed by atoms with Crippen LogP contribution in [0.25, 0.3) is 0 Å². The van der Waals surface area contributed by atoms with Crippen LogP contribution in [0.4, 0.5) is 5.69 Å². The number of aromatic nitrogens is 2. The summed E-state index contributed by atoms with van der Waals surface area (Å²) >= 11 is 0. The number of nitrogens with zero attached hydrogens (tertiary/aromatic N) is 2. The Bertz CT molecular complexity index is 492. The van der Waals surface area contributed by atoms with Gasteiger partial charge in [-0.05, 0) is 13.8 Å². The number of anilines is 1. The van der Waals surface area contributed by atoms with E-state index in [0.717, 1.165) is 6.42 Å². The van der Waals surface area contributed by atoms with Gasteiger partial charge in [-0.15, -0.1) is 0 Å². The second-order valence-electron chi connectivity index (χ2n) is 5.04. The van der Waals surface area contributed by atoms with Gasteiger partial charge in [0.2, 0.25) is 0 Å². The third kappa shape index (κ3) is 2.64. The third-order valence-electron chi connectivity index (χ3n) is 3.76. The number of hydrogen-bond acceptors (Lipinski definition) is 5. The first-order valence-electron chi connectivity index (χ1n) is 6.77. The Hall–Kier alpha value is -1.60. The summed E-state index contributed by atoms with van der Waals surface area (Å²) in [5.41, 5.74) is 7.01. The summed E-state index contributed by atoms with van der Waals surface area (Å²) in [6.07, 6.45) is 0.769. The second-order valence-corrected chi connectivity index (χ2v) is 5.04. The van der Waals surface area contributed by atoms with Crippen molar-refractivity contribution >= 4 is 11.6 Å². The maximum absolute atomic E-state index is 12.3. The summed E-state index contributed by atoms with van der Waals surface area (Å²) < 4.78 is 12.4. The molecule has 1 aromatic rings. The monoisotopic (exact) mass is 282 g/mol. The van der Waals surface area contributed by atoms with Crippen LogP contribution in [-0.2, 0) is 16.0 Å². The van der Waals surface area contributed by atoms with E-state index in [1.165, 1.54) is 0 Å². The van der Waals surface area contributed by atoms with Crippen LogP contribution in [0.15, 0.2) is 0 Å². The number of hydrogen-bond donors (Lipinski definition) is 2. The molecule has 3 N–H and O–H groups in total. The predicted octanol–water partition coefficient (Wildman–Crippen LogP) is 0.329. The van der Waals surface area contributed by atoms with Crippen LogP contribution in [0.3, 0.4) is 0 Å². The molecule has 0 radical (unpaired) electrons. The maximum Gasteiger partial charge on any atom is 0.271 e. The Morgan fingerprint density at radius 1 is 1.65 bits per heavy atom. The van der Waals surface area contributed by atoms with Gasteiger partial charge >= 0.3 is 0 Å². The van der Waals surface area contributed by atoms with Gasteiger partial charge in [0.1, 0.15) is 11.3 Å². The van der Waals surface area contributed by atoms with E-state index in [2.05, 4.69) is 10.4 Å². The van der Waals surface area contributed by atoms with Crippen molar-refractivity contribution in [2.75, 3.05) is 32.6 Å². The van der Waals surface area contributed by atoms with E-state index in [1.54, 1.807) is 18.7 Å². The van der Waals surface area contributed by atoms with Gasteiger partial charge < -0.3 is 20.5 Å². The Morgan fingerprint density at radius 2 is 2.40 bits per heavy atom. The molecule has 0 spiro atoms. The predicted molar refractivity (Wildman–Crippen MR) is 74.6 cm³/mol. The lowest BCUT2D eigenvalue weighted by Crippen LogP contribution is -2.45. The first-order chi connectivity index (χ1) is 9.53. The van der Waals surface area contributed by atoms with E-state index in [0.29, 0.717) is 43.4 Å². The lowest BCUT2D eigenvalue weighted by molar-refractivity contribution is -0.0149. The molecular weight excluding hydrogens is 260 g/mol. The van der Waals surface area contributed by atoms with Gasteiger partial charge in [0.25, 0.3) is 5.91 Å². The highest BCUT2D eigenvalue weighted by atomic mass is 16.5. The van der Waals surface area contributed by atoms with Crippen LogP contribution in [0.1, 0.15) is 29.5 Å². The largest absolute Gasteiger partial charge is 0.395 e. The summed E-state index contributed by atoms with van der Waals surface area (Å²) in [7, 11) is 1.63. The molecule has 20 heavy (non-hydrogen) atoms. The van der Waals surface area contributed by atoms with Crippen LogP contribution in [0.2, 0.25) is 0 Å². The minimum Gasteiger partial charge on any atom is -0.395 e. The molecule has 0 aliphatic carbocycles. The van der Waals surface area contributed by atoms with Crippen molar-refractivity contribution in [3.63, 3.8) is 0 Å². The molecule has 1 aliphatic heterocycles. The quantitative estimate of drug-likeness (QED) is 0.812. The molecule has 1 saturated heterocycles. The molecule has 7 heteroatoms. The molecule has 1 fully saturated rings. The SMILES string of the molecule is CCn1nc(C)c(N)c1C(=O)NCC1(OC)CCOC1. The zero-order valence-electron chi connectivity index (χ0n) is 12.2. The number of rotatable bonds is 5. The standard InChI is InChI=1S/C13H22N4O3/c1-4-17-11(10(14)9(2)16-17)12(18)15-7-13(19-3)5-6-20-8-13/h4-8,14H2,1-3H3,(H,15,18). The molecule has 1 amide bonds. The van der Waals surface area contributed by atoms with Gasteiger partial charge in [0, 0.05) is 33.2 Å². The number of carbonyl (C=O) groups excluding carboxylic acids is 1. The first kappa shape index (κ1) is 14.8. The minimum atomic E-state index is -0.434. The summed E-state index contributed by atoms with van der Waals surface area (Å²) in [4.78, 5) is 12.3.